The van der Waals surface area contributed by atoms with Crippen molar-refractivity contribution in [3.8, 4) is 0 Å². The molecule has 144 valence electrons. The van der Waals surface area contributed by atoms with E-state index in [0.29, 0.717) is 0 Å². The Bertz CT molecular complexity index is 608. The van der Waals surface area contributed by atoms with Gasteiger partial charge < -0.3 is 20.1 Å². The minimum atomic E-state index is -0.813. The molecule has 26 heavy (non-hydrogen) atoms. The molecule has 0 aliphatic heterocycles. The quantitative estimate of drug-likeness (QED) is 0.725. The monoisotopic (exact) mass is 364 g/mol. The molecule has 1 atom stereocenters. The van der Waals surface area contributed by atoms with Crippen LogP contribution in [-0.4, -0.2) is 36.2 Å². The van der Waals surface area contributed by atoms with Gasteiger partial charge in [0.15, 0.2) is 0 Å². The third kappa shape index (κ3) is 8.50. The van der Waals surface area contributed by atoms with Crippen molar-refractivity contribution < 1.29 is 23.9 Å². The predicted octanol–water partition coefficient (Wildman–Crippen LogP) is 2.40. The Morgan fingerprint density at radius 2 is 1.69 bits per heavy atom. The summed E-state index contributed by atoms with van der Waals surface area (Å²) in [6.45, 7) is 8.65. The lowest BCUT2D eigenvalue weighted by molar-refractivity contribution is -0.145. The van der Waals surface area contributed by atoms with Crippen molar-refractivity contribution in [2.24, 2.45) is 5.92 Å². The Kier molecular flexibility index (Phi) is 8.09. The number of alkyl carbamates (subject to hydrolysis) is 1. The molecule has 0 bridgehead atoms. The number of hydrogen-bond acceptors (Lipinski definition) is 5. The molecule has 0 spiro atoms. The van der Waals surface area contributed by atoms with E-state index in [1.807, 2.05) is 30.3 Å². The number of amides is 2. The Balaban J connectivity index is 2.46. The molecule has 1 unspecified atom stereocenters. The summed E-state index contributed by atoms with van der Waals surface area (Å²) >= 11 is 0. The van der Waals surface area contributed by atoms with Crippen LogP contribution in [0.1, 0.15) is 40.2 Å². The van der Waals surface area contributed by atoms with E-state index in [9.17, 15) is 14.4 Å². The van der Waals surface area contributed by atoms with Gasteiger partial charge in [-0.25, -0.2) is 4.79 Å². The van der Waals surface area contributed by atoms with E-state index >= 15 is 0 Å². The first-order chi connectivity index (χ1) is 12.1. The van der Waals surface area contributed by atoms with Gasteiger partial charge in [-0.3, -0.25) is 9.59 Å². The summed E-state index contributed by atoms with van der Waals surface area (Å²) in [5, 5.41) is 5.01. The molecule has 0 aliphatic rings. The summed E-state index contributed by atoms with van der Waals surface area (Å²) in [5.74, 6) is -1.20. The van der Waals surface area contributed by atoms with Crippen LogP contribution in [0.2, 0.25) is 0 Å². The number of ether oxygens (including phenoxy) is 2. The number of hydrogen-bond donors (Lipinski definition) is 2. The maximum Gasteiger partial charge on any atom is 0.408 e. The Labute approximate surface area is 154 Å². The fraction of sp³-hybridized carbons (Fsp3) is 0.526. The molecule has 1 aromatic carbocycles. The first-order valence-corrected chi connectivity index (χ1v) is 8.55. The fourth-order valence-corrected chi connectivity index (χ4v) is 2.03. The second-order valence-electron chi connectivity index (χ2n) is 7.23. The SMILES string of the molecule is CC(C)C(NC(=O)OC(C)(C)C)C(=O)NCC(=O)OCc1ccccc1. The highest BCUT2D eigenvalue weighted by Gasteiger charge is 2.27. The van der Waals surface area contributed by atoms with E-state index in [1.54, 1.807) is 34.6 Å². The molecule has 1 rings (SSSR count). The van der Waals surface area contributed by atoms with Crippen LogP contribution in [0.25, 0.3) is 0 Å². The largest absolute Gasteiger partial charge is 0.460 e. The van der Waals surface area contributed by atoms with Gasteiger partial charge in [0.1, 0.15) is 24.8 Å². The molecule has 0 fully saturated rings. The molecule has 7 nitrogen and oxygen atoms in total. The number of rotatable bonds is 7. The van der Waals surface area contributed by atoms with Gasteiger partial charge in [-0.05, 0) is 32.3 Å². The Morgan fingerprint density at radius 1 is 1.08 bits per heavy atom. The minimum absolute atomic E-state index is 0.138. The van der Waals surface area contributed by atoms with Crippen LogP contribution in [-0.2, 0) is 25.7 Å². The zero-order valence-corrected chi connectivity index (χ0v) is 16.0. The zero-order chi connectivity index (χ0) is 19.7. The lowest BCUT2D eigenvalue weighted by Gasteiger charge is -2.25. The predicted molar refractivity (Wildman–Crippen MR) is 97.2 cm³/mol. The lowest BCUT2D eigenvalue weighted by Crippen LogP contribution is -2.51. The highest BCUT2D eigenvalue weighted by atomic mass is 16.6. The van der Waals surface area contributed by atoms with Gasteiger partial charge in [-0.15, -0.1) is 0 Å². The molecular formula is C19H28N2O5. The minimum Gasteiger partial charge on any atom is -0.460 e. The summed E-state index contributed by atoms with van der Waals surface area (Å²) < 4.78 is 10.3. The van der Waals surface area contributed by atoms with Crippen LogP contribution in [0.3, 0.4) is 0 Å². The maximum absolute atomic E-state index is 12.3. The summed E-state index contributed by atoms with van der Waals surface area (Å²) in [6, 6.07) is 8.43. The van der Waals surface area contributed by atoms with Crippen LogP contribution in [0.4, 0.5) is 4.79 Å². The lowest BCUT2D eigenvalue weighted by atomic mass is 10.0. The van der Waals surface area contributed by atoms with Crippen LogP contribution < -0.4 is 10.6 Å². The van der Waals surface area contributed by atoms with Crippen LogP contribution in [0.5, 0.6) is 0 Å². The van der Waals surface area contributed by atoms with E-state index in [-0.39, 0.29) is 19.1 Å². The molecule has 0 radical (unpaired) electrons. The molecule has 0 saturated carbocycles. The fourth-order valence-electron chi connectivity index (χ4n) is 2.03. The number of carbonyl (C=O) groups excluding carboxylic acids is 3. The topological polar surface area (TPSA) is 93.7 Å². The van der Waals surface area contributed by atoms with Crippen molar-refractivity contribution in [1.29, 1.82) is 0 Å². The number of nitrogens with one attached hydrogen (secondary N) is 2. The zero-order valence-electron chi connectivity index (χ0n) is 16.0. The van der Waals surface area contributed by atoms with Gasteiger partial charge in [-0.2, -0.15) is 0 Å². The van der Waals surface area contributed by atoms with E-state index in [1.165, 1.54) is 0 Å². The normalized spacial score (nSPS) is 12.2. The van der Waals surface area contributed by atoms with Crippen molar-refractivity contribution in [1.82, 2.24) is 10.6 Å². The highest BCUT2D eigenvalue weighted by Crippen LogP contribution is 2.09. The van der Waals surface area contributed by atoms with Crippen LogP contribution in [0, 0.1) is 5.92 Å². The molecule has 0 heterocycles. The van der Waals surface area contributed by atoms with Crippen molar-refractivity contribution in [3.63, 3.8) is 0 Å². The van der Waals surface area contributed by atoms with Gasteiger partial charge >= 0.3 is 12.1 Å². The smallest absolute Gasteiger partial charge is 0.408 e. The van der Waals surface area contributed by atoms with Gasteiger partial charge in [0.25, 0.3) is 0 Å². The number of esters is 1. The molecule has 7 heteroatoms. The molecule has 0 aromatic heterocycles. The molecule has 0 aliphatic carbocycles. The summed E-state index contributed by atoms with van der Waals surface area (Å²) in [7, 11) is 0. The average Bonchev–Trinajstić information content (AvgIpc) is 2.54. The summed E-state index contributed by atoms with van der Waals surface area (Å²) in [6.07, 6.45) is -0.682. The van der Waals surface area contributed by atoms with Crippen LogP contribution >= 0.6 is 0 Å². The second kappa shape index (κ2) is 9.79. The first-order valence-electron chi connectivity index (χ1n) is 8.55. The standard InChI is InChI=1S/C19H28N2O5/c1-13(2)16(21-18(24)26-19(3,4)5)17(23)20-11-15(22)25-12-14-9-7-6-8-10-14/h6-10,13,16H,11-12H2,1-5H3,(H,20,23)(H,21,24). The van der Waals surface area contributed by atoms with E-state index in [2.05, 4.69) is 10.6 Å². The van der Waals surface area contributed by atoms with Crippen LogP contribution in [0.15, 0.2) is 30.3 Å². The van der Waals surface area contributed by atoms with Crippen molar-refractivity contribution in [2.45, 2.75) is 52.9 Å². The first kappa shape index (κ1) is 21.5. The van der Waals surface area contributed by atoms with Gasteiger partial charge in [-0.1, -0.05) is 44.2 Å². The summed E-state index contributed by atoms with van der Waals surface area (Å²) in [4.78, 5) is 35.9. The van der Waals surface area contributed by atoms with Gasteiger partial charge in [0.05, 0.1) is 0 Å². The van der Waals surface area contributed by atoms with Gasteiger partial charge in [0, 0.05) is 0 Å². The third-order valence-corrected chi connectivity index (χ3v) is 3.27. The van der Waals surface area contributed by atoms with E-state index in [4.69, 9.17) is 9.47 Å². The van der Waals surface area contributed by atoms with Crippen molar-refractivity contribution in [3.05, 3.63) is 35.9 Å². The third-order valence-electron chi connectivity index (χ3n) is 3.27. The Morgan fingerprint density at radius 3 is 2.23 bits per heavy atom. The van der Waals surface area contributed by atoms with Gasteiger partial charge in [0.2, 0.25) is 5.91 Å². The van der Waals surface area contributed by atoms with E-state index < -0.39 is 29.6 Å². The number of benzene rings is 1. The Hall–Kier alpha value is -2.57. The molecular weight excluding hydrogens is 336 g/mol. The summed E-state index contributed by atoms with van der Waals surface area (Å²) in [5.41, 5.74) is 0.197. The number of carbonyl (C=O) groups is 3. The molecule has 2 amide bonds. The molecule has 0 saturated heterocycles. The van der Waals surface area contributed by atoms with E-state index in [0.717, 1.165) is 5.56 Å². The molecule has 2 N–H and O–H groups in total. The van der Waals surface area contributed by atoms with Crippen molar-refractivity contribution >= 4 is 18.0 Å². The van der Waals surface area contributed by atoms with Crippen molar-refractivity contribution in [2.75, 3.05) is 6.54 Å². The molecule has 1 aromatic rings. The highest BCUT2D eigenvalue weighted by molar-refractivity contribution is 5.88. The maximum atomic E-state index is 12.3. The second-order valence-corrected chi connectivity index (χ2v) is 7.23. The average molecular weight is 364 g/mol.